The van der Waals surface area contributed by atoms with E-state index in [-0.39, 0.29) is 0 Å². The summed E-state index contributed by atoms with van der Waals surface area (Å²) in [5.41, 5.74) is 0.984. The van der Waals surface area contributed by atoms with E-state index in [4.69, 9.17) is 11.6 Å². The van der Waals surface area contributed by atoms with Gasteiger partial charge in [0.25, 0.3) is 0 Å². The molecule has 1 aliphatic carbocycles. The van der Waals surface area contributed by atoms with Gasteiger partial charge in [0.15, 0.2) is 0 Å². The maximum atomic E-state index is 5.77. The van der Waals surface area contributed by atoms with Gasteiger partial charge in [-0.15, -0.1) is 23.4 Å². The summed E-state index contributed by atoms with van der Waals surface area (Å²) in [5, 5.41) is 1.91. The lowest BCUT2D eigenvalue weighted by molar-refractivity contribution is 0.515. The average molecular weight is 242 g/mol. The van der Waals surface area contributed by atoms with Crippen molar-refractivity contribution in [2.75, 3.05) is 0 Å². The van der Waals surface area contributed by atoms with Gasteiger partial charge < -0.3 is 0 Å². The Morgan fingerprint density at radius 2 is 2.07 bits per heavy atom. The second-order valence-corrected chi connectivity index (χ2v) is 5.57. The molecule has 15 heavy (non-hydrogen) atoms. The molecule has 3 heteroatoms. The van der Waals surface area contributed by atoms with E-state index >= 15 is 0 Å². The van der Waals surface area contributed by atoms with Crippen LogP contribution < -0.4 is 0 Å². The Balaban J connectivity index is 1.96. The van der Waals surface area contributed by atoms with Crippen LogP contribution in [0.1, 0.15) is 37.8 Å². The van der Waals surface area contributed by atoms with Crippen molar-refractivity contribution in [3.8, 4) is 0 Å². The molecule has 1 fully saturated rings. The minimum absolute atomic E-state index is 0.513. The van der Waals surface area contributed by atoms with Crippen LogP contribution in [0.2, 0.25) is 0 Å². The summed E-state index contributed by atoms with van der Waals surface area (Å²) in [6, 6.07) is 6.13. The first-order chi connectivity index (χ1) is 7.38. The Labute approximate surface area is 101 Å². The summed E-state index contributed by atoms with van der Waals surface area (Å²) in [7, 11) is 0. The first kappa shape index (κ1) is 11.3. The van der Waals surface area contributed by atoms with Crippen molar-refractivity contribution in [2.45, 2.75) is 48.3 Å². The van der Waals surface area contributed by atoms with Crippen molar-refractivity contribution in [1.29, 1.82) is 0 Å². The Kier molecular flexibility index (Phi) is 4.33. The van der Waals surface area contributed by atoms with Crippen molar-refractivity contribution >= 4 is 23.4 Å². The molecular formula is C12H16ClNS. The lowest BCUT2D eigenvalue weighted by Crippen LogP contribution is -2.08. The largest absolute Gasteiger partial charge is 0.245 e. The van der Waals surface area contributed by atoms with Gasteiger partial charge in [-0.1, -0.05) is 25.3 Å². The van der Waals surface area contributed by atoms with Crippen LogP contribution in [0.25, 0.3) is 0 Å². The third-order valence-corrected chi connectivity index (χ3v) is 4.31. The Morgan fingerprint density at radius 3 is 2.80 bits per heavy atom. The second kappa shape index (κ2) is 5.76. The van der Waals surface area contributed by atoms with Gasteiger partial charge in [0.1, 0.15) is 0 Å². The molecule has 0 aliphatic heterocycles. The smallest absolute Gasteiger partial charge is 0.0966 e. The molecule has 1 aliphatic rings. The van der Waals surface area contributed by atoms with Crippen LogP contribution >= 0.6 is 23.4 Å². The molecule has 0 amide bonds. The van der Waals surface area contributed by atoms with Crippen LogP contribution in [0.4, 0.5) is 0 Å². The molecule has 0 N–H and O–H groups in total. The third-order valence-electron chi connectivity index (χ3n) is 2.76. The first-order valence-electron chi connectivity index (χ1n) is 5.57. The number of aromatic nitrogens is 1. The van der Waals surface area contributed by atoms with E-state index in [1.807, 2.05) is 17.8 Å². The topological polar surface area (TPSA) is 12.9 Å². The van der Waals surface area contributed by atoms with Crippen LogP contribution in [0.3, 0.4) is 0 Å². The fourth-order valence-corrected chi connectivity index (χ4v) is 3.34. The number of nitrogens with zero attached hydrogens (tertiary/aromatic N) is 1. The quantitative estimate of drug-likeness (QED) is 0.734. The van der Waals surface area contributed by atoms with Crippen LogP contribution in [-0.4, -0.2) is 10.2 Å². The molecule has 1 aromatic heterocycles. The lowest BCUT2D eigenvalue weighted by Gasteiger charge is -2.20. The maximum Gasteiger partial charge on any atom is 0.0966 e. The molecule has 1 saturated carbocycles. The van der Waals surface area contributed by atoms with Gasteiger partial charge in [-0.25, -0.2) is 4.98 Å². The number of rotatable bonds is 3. The molecular weight excluding hydrogens is 226 g/mol. The fraction of sp³-hybridized carbons (Fsp3) is 0.583. The Hall–Kier alpha value is -0.210. The minimum atomic E-state index is 0.513. The maximum absolute atomic E-state index is 5.77. The average Bonchev–Trinajstić information content (AvgIpc) is 2.31. The van der Waals surface area contributed by atoms with Gasteiger partial charge in [0, 0.05) is 5.25 Å². The number of hydrogen-bond donors (Lipinski definition) is 0. The zero-order chi connectivity index (χ0) is 10.5. The van der Waals surface area contributed by atoms with Crippen molar-refractivity contribution in [3.05, 3.63) is 23.9 Å². The molecule has 0 unspecified atom stereocenters. The van der Waals surface area contributed by atoms with E-state index in [9.17, 15) is 0 Å². The fourth-order valence-electron chi connectivity index (χ4n) is 1.95. The zero-order valence-corrected chi connectivity index (χ0v) is 10.4. The highest BCUT2D eigenvalue weighted by molar-refractivity contribution is 7.99. The SMILES string of the molecule is ClCc1cccc(SC2CCCCC2)n1. The zero-order valence-electron chi connectivity index (χ0n) is 8.79. The van der Waals surface area contributed by atoms with Crippen molar-refractivity contribution in [2.24, 2.45) is 0 Å². The number of thioether (sulfide) groups is 1. The minimum Gasteiger partial charge on any atom is -0.245 e. The van der Waals surface area contributed by atoms with Crippen LogP contribution in [-0.2, 0) is 5.88 Å². The molecule has 0 bridgehead atoms. The molecule has 1 heterocycles. The lowest BCUT2D eigenvalue weighted by atomic mass is 10.0. The highest BCUT2D eigenvalue weighted by Gasteiger charge is 2.15. The standard InChI is InChI=1S/C12H16ClNS/c13-9-10-5-4-8-12(14-10)15-11-6-2-1-3-7-11/h4-5,8,11H,1-3,6-7,9H2. The van der Waals surface area contributed by atoms with E-state index in [0.717, 1.165) is 16.0 Å². The monoisotopic (exact) mass is 241 g/mol. The van der Waals surface area contributed by atoms with Crippen LogP contribution in [0, 0.1) is 0 Å². The Bertz CT molecular complexity index is 310. The Morgan fingerprint density at radius 1 is 1.27 bits per heavy atom. The molecule has 0 saturated heterocycles. The summed E-state index contributed by atoms with van der Waals surface area (Å²) < 4.78 is 0. The third kappa shape index (κ3) is 3.39. The van der Waals surface area contributed by atoms with Gasteiger partial charge in [0.05, 0.1) is 16.6 Å². The van der Waals surface area contributed by atoms with Gasteiger partial charge in [-0.05, 0) is 25.0 Å². The van der Waals surface area contributed by atoms with E-state index in [0.29, 0.717) is 5.88 Å². The predicted molar refractivity (Wildman–Crippen MR) is 66.5 cm³/mol. The van der Waals surface area contributed by atoms with Crippen molar-refractivity contribution in [1.82, 2.24) is 4.98 Å². The molecule has 1 aromatic rings. The molecule has 1 nitrogen and oxygen atoms in total. The molecule has 0 aromatic carbocycles. The highest BCUT2D eigenvalue weighted by Crippen LogP contribution is 2.32. The molecule has 0 atom stereocenters. The normalized spacial score (nSPS) is 17.9. The summed E-state index contributed by atoms with van der Waals surface area (Å²) >= 11 is 7.69. The molecule has 0 spiro atoms. The van der Waals surface area contributed by atoms with E-state index in [1.165, 1.54) is 32.1 Å². The number of alkyl halides is 1. The van der Waals surface area contributed by atoms with Crippen LogP contribution in [0.15, 0.2) is 23.2 Å². The van der Waals surface area contributed by atoms with Crippen molar-refractivity contribution in [3.63, 3.8) is 0 Å². The van der Waals surface area contributed by atoms with Gasteiger partial charge in [-0.2, -0.15) is 0 Å². The number of halogens is 1. The van der Waals surface area contributed by atoms with E-state index in [1.54, 1.807) is 0 Å². The summed E-state index contributed by atoms with van der Waals surface area (Å²) in [6.07, 6.45) is 6.86. The highest BCUT2D eigenvalue weighted by atomic mass is 35.5. The molecule has 82 valence electrons. The summed E-state index contributed by atoms with van der Waals surface area (Å²) in [4.78, 5) is 4.52. The molecule has 2 rings (SSSR count). The number of pyridine rings is 1. The van der Waals surface area contributed by atoms with Gasteiger partial charge in [0.2, 0.25) is 0 Å². The van der Waals surface area contributed by atoms with E-state index in [2.05, 4.69) is 17.1 Å². The molecule has 0 radical (unpaired) electrons. The second-order valence-electron chi connectivity index (χ2n) is 3.98. The predicted octanol–water partition coefficient (Wildman–Crippen LogP) is 4.25. The van der Waals surface area contributed by atoms with Gasteiger partial charge >= 0.3 is 0 Å². The summed E-state index contributed by atoms with van der Waals surface area (Å²) in [6.45, 7) is 0. The first-order valence-corrected chi connectivity index (χ1v) is 6.98. The van der Waals surface area contributed by atoms with Gasteiger partial charge in [-0.3, -0.25) is 0 Å². The number of hydrogen-bond acceptors (Lipinski definition) is 2. The summed E-state index contributed by atoms with van der Waals surface area (Å²) in [5.74, 6) is 0.513. The van der Waals surface area contributed by atoms with Crippen molar-refractivity contribution < 1.29 is 0 Å². The van der Waals surface area contributed by atoms with E-state index < -0.39 is 0 Å². The van der Waals surface area contributed by atoms with Crippen LogP contribution in [0.5, 0.6) is 0 Å².